The van der Waals surface area contributed by atoms with Gasteiger partial charge in [-0.2, -0.15) is 4.31 Å². The minimum absolute atomic E-state index is 0.0347. The molecule has 0 aromatic heterocycles. The Labute approximate surface area is 153 Å². The first-order valence-corrected chi connectivity index (χ1v) is 9.78. The maximum atomic E-state index is 13.4. The van der Waals surface area contributed by atoms with Crippen LogP contribution in [-0.2, 0) is 14.8 Å². The summed E-state index contributed by atoms with van der Waals surface area (Å²) in [5, 5.41) is 0. The van der Waals surface area contributed by atoms with Crippen LogP contribution >= 0.6 is 15.9 Å². The van der Waals surface area contributed by atoms with E-state index in [1.165, 1.54) is 4.90 Å². The molecule has 10 heteroatoms. The number of sulfonamides is 1. The fourth-order valence-electron chi connectivity index (χ4n) is 2.28. The third-order valence-corrected chi connectivity index (χ3v) is 6.34. The molecule has 140 valence electrons. The second-order valence-electron chi connectivity index (χ2n) is 6.57. The molecule has 1 aromatic carbocycles. The Morgan fingerprint density at radius 3 is 2.16 bits per heavy atom. The number of carbonyl (C=O) groups excluding carboxylic acids is 1. The summed E-state index contributed by atoms with van der Waals surface area (Å²) in [6.07, 6.45) is -0.515. The van der Waals surface area contributed by atoms with Crippen molar-refractivity contribution in [3.8, 4) is 0 Å². The van der Waals surface area contributed by atoms with E-state index in [1.54, 1.807) is 20.8 Å². The van der Waals surface area contributed by atoms with Crippen molar-refractivity contribution in [2.45, 2.75) is 31.3 Å². The van der Waals surface area contributed by atoms with Gasteiger partial charge in [-0.3, -0.25) is 0 Å². The molecule has 1 amide bonds. The van der Waals surface area contributed by atoms with Crippen LogP contribution < -0.4 is 0 Å². The Balaban J connectivity index is 2.12. The van der Waals surface area contributed by atoms with Crippen LogP contribution in [0.2, 0.25) is 0 Å². The van der Waals surface area contributed by atoms with Gasteiger partial charge in [-0.05, 0) is 48.8 Å². The molecule has 6 nitrogen and oxygen atoms in total. The molecule has 0 N–H and O–H groups in total. The molecule has 1 saturated heterocycles. The second-order valence-corrected chi connectivity index (χ2v) is 9.33. The maximum Gasteiger partial charge on any atom is 0.410 e. The monoisotopic (exact) mass is 440 g/mol. The average molecular weight is 441 g/mol. The van der Waals surface area contributed by atoms with Gasteiger partial charge in [0.05, 0.1) is 4.90 Å². The molecule has 1 aliphatic rings. The molecule has 0 unspecified atom stereocenters. The fourth-order valence-corrected chi connectivity index (χ4v) is 4.69. The van der Waals surface area contributed by atoms with Crippen molar-refractivity contribution in [2.75, 3.05) is 26.2 Å². The van der Waals surface area contributed by atoms with Crippen molar-refractivity contribution in [3.63, 3.8) is 0 Å². The van der Waals surface area contributed by atoms with Crippen molar-refractivity contribution in [1.29, 1.82) is 0 Å². The van der Waals surface area contributed by atoms with E-state index in [0.717, 1.165) is 10.4 Å². The van der Waals surface area contributed by atoms with E-state index in [9.17, 15) is 22.0 Å². The number of nitrogens with zero attached hydrogens (tertiary/aromatic N) is 2. The lowest BCUT2D eigenvalue weighted by Crippen LogP contribution is -2.51. The molecule has 1 aromatic rings. The summed E-state index contributed by atoms with van der Waals surface area (Å²) in [6.45, 7) is 5.59. The fraction of sp³-hybridized carbons (Fsp3) is 0.533. The molecular weight excluding hydrogens is 422 g/mol. The maximum absolute atomic E-state index is 13.4. The minimum Gasteiger partial charge on any atom is -0.444 e. The minimum atomic E-state index is -4.02. The van der Waals surface area contributed by atoms with Crippen molar-refractivity contribution in [1.82, 2.24) is 9.21 Å². The predicted octanol–water partition coefficient (Wildman–Crippen LogP) is 2.97. The van der Waals surface area contributed by atoms with Crippen LogP contribution in [0.25, 0.3) is 0 Å². The number of rotatable bonds is 2. The number of piperazine rings is 1. The lowest BCUT2D eigenvalue weighted by molar-refractivity contribution is 0.0192. The Hall–Kier alpha value is -1.26. The summed E-state index contributed by atoms with van der Waals surface area (Å²) in [6, 6.07) is 1.42. The highest BCUT2D eigenvalue weighted by Gasteiger charge is 2.33. The lowest BCUT2D eigenvalue weighted by Gasteiger charge is -2.35. The average Bonchev–Trinajstić information content (AvgIpc) is 2.49. The molecule has 1 aliphatic heterocycles. The molecule has 1 fully saturated rings. The molecule has 1 heterocycles. The van der Waals surface area contributed by atoms with Gasteiger partial charge in [-0.25, -0.2) is 22.0 Å². The topological polar surface area (TPSA) is 66.9 Å². The quantitative estimate of drug-likeness (QED) is 0.662. The molecule has 0 radical (unpaired) electrons. The summed E-state index contributed by atoms with van der Waals surface area (Å²) < 4.78 is 58.3. The molecule has 0 bridgehead atoms. The molecule has 2 rings (SSSR count). The molecule has 0 aliphatic carbocycles. The zero-order chi connectivity index (χ0) is 19.0. The van der Waals surface area contributed by atoms with Crippen molar-refractivity contribution in [2.24, 2.45) is 0 Å². The molecule has 25 heavy (non-hydrogen) atoms. The Kier molecular flexibility index (Phi) is 5.75. The number of benzene rings is 1. The summed E-state index contributed by atoms with van der Waals surface area (Å²) in [4.78, 5) is 13.1. The number of halogens is 3. The Bertz CT molecular complexity index is 772. The third kappa shape index (κ3) is 4.68. The van der Waals surface area contributed by atoms with Gasteiger partial charge in [0.1, 0.15) is 5.60 Å². The lowest BCUT2D eigenvalue weighted by atomic mass is 10.2. The van der Waals surface area contributed by atoms with E-state index in [-0.39, 0.29) is 35.5 Å². The Morgan fingerprint density at radius 1 is 1.12 bits per heavy atom. The van der Waals surface area contributed by atoms with Crippen LogP contribution in [0.1, 0.15) is 20.8 Å². The van der Waals surface area contributed by atoms with E-state index in [2.05, 4.69) is 15.9 Å². The van der Waals surface area contributed by atoms with E-state index in [0.29, 0.717) is 6.07 Å². The largest absolute Gasteiger partial charge is 0.444 e. The molecule has 0 saturated carbocycles. The van der Waals surface area contributed by atoms with E-state index >= 15 is 0 Å². The predicted molar refractivity (Wildman–Crippen MR) is 90.6 cm³/mol. The van der Waals surface area contributed by atoms with Gasteiger partial charge in [0.15, 0.2) is 11.6 Å². The molecular formula is C15H19BrF2N2O4S. The second kappa shape index (κ2) is 7.16. The number of amides is 1. The zero-order valence-corrected chi connectivity index (χ0v) is 16.5. The first-order chi connectivity index (χ1) is 11.4. The summed E-state index contributed by atoms with van der Waals surface area (Å²) >= 11 is 2.95. The number of hydrogen-bond donors (Lipinski definition) is 0. The highest BCUT2D eigenvalue weighted by Crippen LogP contribution is 2.28. The summed E-state index contributed by atoms with van der Waals surface area (Å²) in [7, 11) is -4.02. The standard InChI is InChI=1S/C15H19BrF2N2O4S/c1-15(2,3)24-14(21)19-4-6-20(7-5-19)25(22,23)13-9-12(18)11(17)8-10(13)16/h8-9H,4-7H2,1-3H3. The first-order valence-electron chi connectivity index (χ1n) is 7.54. The first kappa shape index (κ1) is 20.1. The zero-order valence-electron chi connectivity index (χ0n) is 14.1. The SMILES string of the molecule is CC(C)(C)OC(=O)N1CCN(S(=O)(=O)c2cc(F)c(F)cc2Br)CC1. The van der Waals surface area contributed by atoms with Crippen LogP contribution in [-0.4, -0.2) is 55.5 Å². The van der Waals surface area contributed by atoms with Gasteiger partial charge in [-0.1, -0.05) is 0 Å². The van der Waals surface area contributed by atoms with E-state index < -0.39 is 33.4 Å². The van der Waals surface area contributed by atoms with Crippen LogP contribution in [0.15, 0.2) is 21.5 Å². The Morgan fingerprint density at radius 2 is 1.64 bits per heavy atom. The van der Waals surface area contributed by atoms with Gasteiger partial charge in [0.25, 0.3) is 0 Å². The highest BCUT2D eigenvalue weighted by molar-refractivity contribution is 9.10. The van der Waals surface area contributed by atoms with E-state index in [4.69, 9.17) is 4.74 Å². The number of ether oxygens (including phenoxy) is 1. The van der Waals surface area contributed by atoms with Crippen LogP contribution in [0, 0.1) is 11.6 Å². The molecule has 0 atom stereocenters. The van der Waals surface area contributed by atoms with Gasteiger partial charge < -0.3 is 9.64 Å². The summed E-state index contributed by atoms with van der Waals surface area (Å²) in [5.74, 6) is -2.38. The van der Waals surface area contributed by atoms with Gasteiger partial charge >= 0.3 is 6.09 Å². The highest BCUT2D eigenvalue weighted by atomic mass is 79.9. The van der Waals surface area contributed by atoms with Crippen LogP contribution in [0.3, 0.4) is 0 Å². The van der Waals surface area contributed by atoms with Gasteiger partial charge in [0.2, 0.25) is 10.0 Å². The van der Waals surface area contributed by atoms with Gasteiger partial charge in [-0.15, -0.1) is 0 Å². The van der Waals surface area contributed by atoms with Crippen molar-refractivity contribution >= 4 is 32.0 Å². The van der Waals surface area contributed by atoms with Crippen LogP contribution in [0.5, 0.6) is 0 Å². The van der Waals surface area contributed by atoms with Gasteiger partial charge in [0, 0.05) is 30.7 Å². The normalized spacial score (nSPS) is 16.8. The van der Waals surface area contributed by atoms with Crippen molar-refractivity contribution < 1.29 is 26.7 Å². The number of carbonyl (C=O) groups is 1. The summed E-state index contributed by atoms with van der Waals surface area (Å²) in [5.41, 5.74) is -0.642. The van der Waals surface area contributed by atoms with E-state index in [1.807, 2.05) is 0 Å². The number of hydrogen-bond acceptors (Lipinski definition) is 4. The van der Waals surface area contributed by atoms with Crippen molar-refractivity contribution in [3.05, 3.63) is 28.2 Å². The van der Waals surface area contributed by atoms with Crippen LogP contribution in [0.4, 0.5) is 13.6 Å². The smallest absolute Gasteiger partial charge is 0.410 e. The molecule has 0 spiro atoms. The third-order valence-electron chi connectivity index (χ3n) is 3.48.